The van der Waals surface area contributed by atoms with Gasteiger partial charge in [-0.2, -0.15) is 12.7 Å². The average Bonchev–Trinajstić information content (AvgIpc) is 2.51. The van der Waals surface area contributed by atoms with Crippen molar-refractivity contribution in [2.24, 2.45) is 5.92 Å². The van der Waals surface area contributed by atoms with Crippen LogP contribution in [0.1, 0.15) is 30.1 Å². The fourth-order valence-corrected chi connectivity index (χ4v) is 3.94. The molecule has 0 aromatic heterocycles. The van der Waals surface area contributed by atoms with Crippen LogP contribution in [0.3, 0.4) is 0 Å². The first-order valence-electron chi connectivity index (χ1n) is 7.77. The molecule has 1 amide bonds. The molecule has 24 heavy (non-hydrogen) atoms. The van der Waals surface area contributed by atoms with Crippen LogP contribution in [0.4, 0.5) is 8.78 Å². The summed E-state index contributed by atoms with van der Waals surface area (Å²) in [6.45, 7) is 2.94. The average molecular weight is 361 g/mol. The molecular weight excluding hydrogens is 340 g/mol. The quantitative estimate of drug-likeness (QED) is 0.749. The van der Waals surface area contributed by atoms with Crippen molar-refractivity contribution in [2.75, 3.05) is 26.2 Å². The van der Waals surface area contributed by atoms with E-state index in [1.165, 1.54) is 4.31 Å². The van der Waals surface area contributed by atoms with Crippen molar-refractivity contribution in [1.29, 1.82) is 0 Å². The highest BCUT2D eigenvalue weighted by atomic mass is 32.2. The zero-order chi connectivity index (χ0) is 17.7. The van der Waals surface area contributed by atoms with Gasteiger partial charge in [0.05, 0.1) is 5.56 Å². The Kier molecular flexibility index (Phi) is 6.25. The third kappa shape index (κ3) is 4.96. The summed E-state index contributed by atoms with van der Waals surface area (Å²) in [6, 6.07) is 2.65. The third-order valence-electron chi connectivity index (χ3n) is 3.83. The van der Waals surface area contributed by atoms with Crippen LogP contribution in [0, 0.1) is 17.6 Å². The normalized spacial score (nSPS) is 19.2. The Morgan fingerprint density at radius 1 is 1.33 bits per heavy atom. The maximum absolute atomic E-state index is 13.5. The van der Waals surface area contributed by atoms with Gasteiger partial charge in [0.2, 0.25) is 0 Å². The van der Waals surface area contributed by atoms with E-state index in [0.29, 0.717) is 25.1 Å². The first kappa shape index (κ1) is 18.8. The fourth-order valence-electron chi connectivity index (χ4n) is 2.58. The van der Waals surface area contributed by atoms with Crippen LogP contribution >= 0.6 is 0 Å². The Bertz CT molecular complexity index is 697. The number of halogens is 2. The number of rotatable bonds is 6. The summed E-state index contributed by atoms with van der Waals surface area (Å²) in [5.41, 5.74) is -0.288. The van der Waals surface area contributed by atoms with E-state index in [1.807, 2.05) is 6.92 Å². The lowest BCUT2D eigenvalue weighted by molar-refractivity contribution is 0.0950. The molecule has 0 bridgehead atoms. The topological polar surface area (TPSA) is 78.5 Å². The standard InChI is InChI=1S/C15H21F2N3O3S/c1-11-3-2-8-20(10-11)24(22,23)19-7-6-18-15(21)13-5-4-12(16)9-14(13)17/h4-5,9,11,19H,2-3,6-8,10H2,1H3,(H,18,21)/t11-/m0/s1. The van der Waals surface area contributed by atoms with E-state index < -0.39 is 27.8 Å². The summed E-state index contributed by atoms with van der Waals surface area (Å²) < 4.78 is 54.3. The maximum Gasteiger partial charge on any atom is 0.279 e. The van der Waals surface area contributed by atoms with Crippen molar-refractivity contribution in [3.63, 3.8) is 0 Å². The number of nitrogens with zero attached hydrogens (tertiary/aromatic N) is 1. The fraction of sp³-hybridized carbons (Fsp3) is 0.533. The highest BCUT2D eigenvalue weighted by Gasteiger charge is 2.26. The Balaban J connectivity index is 1.80. The molecule has 2 N–H and O–H groups in total. The van der Waals surface area contributed by atoms with E-state index in [0.717, 1.165) is 25.0 Å². The van der Waals surface area contributed by atoms with Gasteiger partial charge in [0.1, 0.15) is 11.6 Å². The molecule has 1 aromatic carbocycles. The summed E-state index contributed by atoms with van der Waals surface area (Å²) in [5, 5.41) is 2.40. The molecule has 2 rings (SSSR count). The van der Waals surface area contributed by atoms with Crippen molar-refractivity contribution in [2.45, 2.75) is 19.8 Å². The summed E-state index contributed by atoms with van der Waals surface area (Å²) >= 11 is 0. The van der Waals surface area contributed by atoms with Gasteiger partial charge < -0.3 is 5.32 Å². The van der Waals surface area contributed by atoms with Gasteiger partial charge in [-0.1, -0.05) is 6.92 Å². The van der Waals surface area contributed by atoms with Crippen LogP contribution in [0.25, 0.3) is 0 Å². The Morgan fingerprint density at radius 3 is 2.75 bits per heavy atom. The zero-order valence-corrected chi connectivity index (χ0v) is 14.2. The van der Waals surface area contributed by atoms with Crippen LogP contribution in [0.5, 0.6) is 0 Å². The molecule has 1 aliphatic rings. The minimum absolute atomic E-state index is 0.00171. The molecule has 1 heterocycles. The van der Waals surface area contributed by atoms with Gasteiger partial charge in [-0.15, -0.1) is 0 Å². The second-order valence-corrected chi connectivity index (χ2v) is 7.64. The van der Waals surface area contributed by atoms with E-state index in [9.17, 15) is 22.0 Å². The number of piperidine rings is 1. The number of carbonyl (C=O) groups is 1. The summed E-state index contributed by atoms with van der Waals surface area (Å²) in [7, 11) is -3.58. The van der Waals surface area contributed by atoms with Crippen molar-refractivity contribution < 1.29 is 22.0 Å². The van der Waals surface area contributed by atoms with Crippen LogP contribution in [0.2, 0.25) is 0 Å². The largest absolute Gasteiger partial charge is 0.351 e. The van der Waals surface area contributed by atoms with Crippen LogP contribution < -0.4 is 10.0 Å². The maximum atomic E-state index is 13.5. The lowest BCUT2D eigenvalue weighted by Crippen LogP contribution is -2.47. The number of carbonyl (C=O) groups excluding carboxylic acids is 1. The second-order valence-electron chi connectivity index (χ2n) is 5.88. The third-order valence-corrected chi connectivity index (χ3v) is 5.41. The zero-order valence-electron chi connectivity index (χ0n) is 13.4. The number of hydrogen-bond acceptors (Lipinski definition) is 3. The molecule has 134 valence electrons. The molecule has 1 aliphatic heterocycles. The van der Waals surface area contributed by atoms with E-state index in [2.05, 4.69) is 10.0 Å². The molecule has 6 nitrogen and oxygen atoms in total. The lowest BCUT2D eigenvalue weighted by Gasteiger charge is -2.29. The molecule has 1 fully saturated rings. The molecule has 0 radical (unpaired) electrons. The highest BCUT2D eigenvalue weighted by molar-refractivity contribution is 7.87. The van der Waals surface area contributed by atoms with Gasteiger partial charge >= 0.3 is 0 Å². The summed E-state index contributed by atoms with van der Waals surface area (Å²) in [5.74, 6) is -2.14. The lowest BCUT2D eigenvalue weighted by atomic mass is 10.0. The number of hydrogen-bond donors (Lipinski definition) is 2. The molecule has 1 atom stereocenters. The van der Waals surface area contributed by atoms with E-state index in [-0.39, 0.29) is 18.7 Å². The van der Waals surface area contributed by atoms with E-state index >= 15 is 0 Å². The molecule has 0 spiro atoms. The second kappa shape index (κ2) is 8.00. The molecule has 1 saturated heterocycles. The van der Waals surface area contributed by atoms with Crippen LogP contribution in [-0.2, 0) is 10.2 Å². The monoisotopic (exact) mass is 361 g/mol. The van der Waals surface area contributed by atoms with Gasteiger partial charge in [0, 0.05) is 32.2 Å². The summed E-state index contributed by atoms with van der Waals surface area (Å²) in [6.07, 6.45) is 1.83. The van der Waals surface area contributed by atoms with Gasteiger partial charge in [0.15, 0.2) is 0 Å². The first-order chi connectivity index (χ1) is 11.3. The van der Waals surface area contributed by atoms with Gasteiger partial charge in [-0.25, -0.2) is 13.5 Å². The van der Waals surface area contributed by atoms with Gasteiger partial charge in [-0.05, 0) is 30.9 Å². The molecule has 0 aliphatic carbocycles. The number of nitrogens with one attached hydrogen (secondary N) is 2. The summed E-state index contributed by atoms with van der Waals surface area (Å²) in [4.78, 5) is 11.8. The predicted molar refractivity (Wildman–Crippen MR) is 85.6 cm³/mol. The Morgan fingerprint density at radius 2 is 2.08 bits per heavy atom. The highest BCUT2D eigenvalue weighted by Crippen LogP contribution is 2.17. The van der Waals surface area contributed by atoms with Crippen LogP contribution in [0.15, 0.2) is 18.2 Å². The molecule has 1 aromatic rings. The number of amides is 1. The molecule has 0 saturated carbocycles. The van der Waals surface area contributed by atoms with E-state index in [1.54, 1.807) is 0 Å². The Labute approximate surface area is 140 Å². The first-order valence-corrected chi connectivity index (χ1v) is 9.21. The number of benzene rings is 1. The SMILES string of the molecule is C[C@H]1CCCN(S(=O)(=O)NCCNC(=O)c2ccc(F)cc2F)C1. The molecule has 9 heteroatoms. The van der Waals surface area contributed by atoms with Gasteiger partial charge in [0.25, 0.3) is 16.1 Å². The van der Waals surface area contributed by atoms with Gasteiger partial charge in [-0.3, -0.25) is 4.79 Å². The molecular formula is C15H21F2N3O3S. The Hall–Kier alpha value is -1.58. The van der Waals surface area contributed by atoms with Crippen molar-refractivity contribution >= 4 is 16.1 Å². The minimum atomic E-state index is -3.58. The predicted octanol–water partition coefficient (Wildman–Crippen LogP) is 1.26. The van der Waals surface area contributed by atoms with Crippen molar-refractivity contribution in [3.05, 3.63) is 35.4 Å². The van der Waals surface area contributed by atoms with Crippen molar-refractivity contribution in [1.82, 2.24) is 14.3 Å². The van der Waals surface area contributed by atoms with Crippen LogP contribution in [-0.4, -0.2) is 44.8 Å². The van der Waals surface area contributed by atoms with E-state index in [4.69, 9.17) is 0 Å². The smallest absolute Gasteiger partial charge is 0.279 e. The molecule has 0 unspecified atom stereocenters. The van der Waals surface area contributed by atoms with Crippen molar-refractivity contribution in [3.8, 4) is 0 Å². The minimum Gasteiger partial charge on any atom is -0.351 e.